The van der Waals surface area contributed by atoms with Crippen molar-refractivity contribution in [2.45, 2.75) is 38.3 Å². The Morgan fingerprint density at radius 1 is 1.56 bits per heavy atom. The van der Waals surface area contributed by atoms with Gasteiger partial charge in [-0.1, -0.05) is 0 Å². The van der Waals surface area contributed by atoms with Gasteiger partial charge in [0.15, 0.2) is 0 Å². The van der Waals surface area contributed by atoms with Crippen LogP contribution in [-0.2, 0) is 4.74 Å². The fourth-order valence-electron chi connectivity index (χ4n) is 2.92. The number of hydrogen-bond donors (Lipinski definition) is 1. The number of aryl methyl sites for hydroxylation is 1. The van der Waals surface area contributed by atoms with Crippen LogP contribution in [0, 0.1) is 6.92 Å². The summed E-state index contributed by atoms with van der Waals surface area (Å²) in [6.45, 7) is 3.32. The molecule has 1 aromatic heterocycles. The summed E-state index contributed by atoms with van der Waals surface area (Å²) < 4.78 is 5.73. The number of carbonyl (C=O) groups is 1. The Bertz CT molecular complexity index is 452. The van der Waals surface area contributed by atoms with Crippen molar-refractivity contribution in [3.05, 3.63) is 15.8 Å². The zero-order valence-electron chi connectivity index (χ0n) is 10.5. The van der Waals surface area contributed by atoms with Crippen LogP contribution in [0.3, 0.4) is 0 Å². The number of nitrogen functional groups attached to an aromatic ring is 1. The van der Waals surface area contributed by atoms with Crippen molar-refractivity contribution < 1.29 is 9.53 Å². The molecule has 0 radical (unpaired) electrons. The van der Waals surface area contributed by atoms with Crippen LogP contribution in [0.5, 0.6) is 0 Å². The van der Waals surface area contributed by atoms with E-state index in [0.717, 1.165) is 34.7 Å². The van der Waals surface area contributed by atoms with Gasteiger partial charge in [0.1, 0.15) is 0 Å². The van der Waals surface area contributed by atoms with Crippen LogP contribution in [0.1, 0.15) is 33.8 Å². The molecule has 0 aromatic carbocycles. The minimum absolute atomic E-state index is 0.125. The molecule has 1 aliphatic heterocycles. The number of nitrogens with two attached hydrogens (primary N) is 1. The van der Waals surface area contributed by atoms with E-state index in [1.54, 1.807) is 0 Å². The summed E-state index contributed by atoms with van der Waals surface area (Å²) in [5.41, 5.74) is 6.55. The highest BCUT2D eigenvalue weighted by molar-refractivity contribution is 7.14. The van der Waals surface area contributed by atoms with Gasteiger partial charge in [-0.2, -0.15) is 0 Å². The second kappa shape index (κ2) is 4.55. The molecular weight excluding hydrogens is 248 g/mol. The first kappa shape index (κ1) is 12.0. The lowest BCUT2D eigenvalue weighted by atomic mass is 10.1. The molecule has 2 fully saturated rings. The summed E-state index contributed by atoms with van der Waals surface area (Å²) in [5.74, 6) is 0.125. The standard InChI is InChI=1S/C13H18N2O2S/c1-8-9(14)7-12(18-8)13(16)15-5-6-17-11-4-2-3-10(11)15/h7,10-11H,2-6,14H2,1H3. The van der Waals surface area contributed by atoms with Crippen LogP contribution in [0.25, 0.3) is 0 Å². The number of hydrogen-bond acceptors (Lipinski definition) is 4. The van der Waals surface area contributed by atoms with E-state index in [1.165, 1.54) is 11.3 Å². The highest BCUT2D eigenvalue weighted by Gasteiger charge is 2.38. The van der Waals surface area contributed by atoms with E-state index in [-0.39, 0.29) is 18.1 Å². The highest BCUT2D eigenvalue weighted by Crippen LogP contribution is 2.32. The number of ether oxygens (including phenoxy) is 1. The third kappa shape index (κ3) is 1.91. The normalized spacial score (nSPS) is 27.3. The van der Waals surface area contributed by atoms with E-state index in [9.17, 15) is 4.79 Å². The van der Waals surface area contributed by atoms with Crippen LogP contribution >= 0.6 is 11.3 Å². The first-order chi connectivity index (χ1) is 8.66. The Kier molecular flexibility index (Phi) is 3.03. The van der Waals surface area contributed by atoms with Gasteiger partial charge in [0.2, 0.25) is 0 Å². The van der Waals surface area contributed by atoms with Gasteiger partial charge < -0.3 is 15.4 Å². The second-order valence-electron chi connectivity index (χ2n) is 5.03. The van der Waals surface area contributed by atoms with Gasteiger partial charge in [-0.25, -0.2) is 0 Å². The Morgan fingerprint density at radius 3 is 3.11 bits per heavy atom. The Balaban J connectivity index is 1.83. The average Bonchev–Trinajstić information content (AvgIpc) is 2.95. The van der Waals surface area contributed by atoms with Crippen LogP contribution in [0.4, 0.5) is 5.69 Å². The lowest BCUT2D eigenvalue weighted by Gasteiger charge is -2.37. The van der Waals surface area contributed by atoms with Crippen molar-refractivity contribution in [2.75, 3.05) is 18.9 Å². The molecule has 5 heteroatoms. The van der Waals surface area contributed by atoms with Crippen molar-refractivity contribution in [1.82, 2.24) is 4.90 Å². The van der Waals surface area contributed by atoms with Crippen LogP contribution in [0.2, 0.25) is 0 Å². The van der Waals surface area contributed by atoms with Crippen LogP contribution in [0.15, 0.2) is 6.07 Å². The van der Waals surface area contributed by atoms with Crippen molar-refractivity contribution in [3.8, 4) is 0 Å². The summed E-state index contributed by atoms with van der Waals surface area (Å²) in [4.78, 5) is 16.3. The molecule has 2 N–H and O–H groups in total. The van der Waals surface area contributed by atoms with Crippen molar-refractivity contribution in [3.63, 3.8) is 0 Å². The summed E-state index contributed by atoms with van der Waals surface area (Å²) in [5, 5.41) is 0. The molecule has 1 aliphatic carbocycles. The largest absolute Gasteiger partial charge is 0.398 e. The highest BCUT2D eigenvalue weighted by atomic mass is 32.1. The lowest BCUT2D eigenvalue weighted by molar-refractivity contribution is -0.0443. The molecule has 3 rings (SSSR count). The maximum absolute atomic E-state index is 12.5. The smallest absolute Gasteiger partial charge is 0.264 e. The molecular formula is C13H18N2O2S. The summed E-state index contributed by atoms with van der Waals surface area (Å²) in [6.07, 6.45) is 3.56. The summed E-state index contributed by atoms with van der Waals surface area (Å²) in [6, 6.07) is 2.08. The van der Waals surface area contributed by atoms with E-state index in [0.29, 0.717) is 13.2 Å². The Labute approximate surface area is 111 Å². The van der Waals surface area contributed by atoms with Crippen molar-refractivity contribution in [2.24, 2.45) is 0 Å². The summed E-state index contributed by atoms with van der Waals surface area (Å²) >= 11 is 1.49. The van der Waals surface area contributed by atoms with Gasteiger partial charge in [0.05, 0.1) is 23.6 Å². The van der Waals surface area contributed by atoms with Crippen molar-refractivity contribution in [1.29, 1.82) is 0 Å². The molecule has 18 heavy (non-hydrogen) atoms. The molecule has 0 bridgehead atoms. The molecule has 98 valence electrons. The molecule has 2 aliphatic rings. The van der Waals surface area contributed by atoms with E-state index >= 15 is 0 Å². The topological polar surface area (TPSA) is 55.6 Å². The van der Waals surface area contributed by atoms with E-state index in [2.05, 4.69) is 0 Å². The number of carbonyl (C=O) groups excluding carboxylic acids is 1. The number of morpholine rings is 1. The molecule has 1 saturated heterocycles. The minimum Gasteiger partial charge on any atom is -0.398 e. The SMILES string of the molecule is Cc1sc(C(=O)N2CCOC3CCCC32)cc1N. The van der Waals surface area contributed by atoms with Gasteiger partial charge in [0.25, 0.3) is 5.91 Å². The van der Waals surface area contributed by atoms with Gasteiger partial charge in [-0.05, 0) is 32.3 Å². The third-order valence-electron chi connectivity index (χ3n) is 3.91. The number of anilines is 1. The quantitative estimate of drug-likeness (QED) is 0.846. The molecule has 0 spiro atoms. The lowest BCUT2D eigenvalue weighted by Crippen LogP contribution is -2.51. The fourth-order valence-corrected chi connectivity index (χ4v) is 3.82. The zero-order chi connectivity index (χ0) is 12.7. The monoisotopic (exact) mass is 266 g/mol. The van der Waals surface area contributed by atoms with Crippen LogP contribution < -0.4 is 5.73 Å². The molecule has 2 heterocycles. The summed E-state index contributed by atoms with van der Waals surface area (Å²) in [7, 11) is 0. The minimum atomic E-state index is 0.125. The number of thiophene rings is 1. The van der Waals surface area contributed by atoms with Crippen LogP contribution in [-0.4, -0.2) is 36.1 Å². The van der Waals surface area contributed by atoms with Gasteiger partial charge in [-0.3, -0.25) is 4.79 Å². The average molecular weight is 266 g/mol. The molecule has 2 unspecified atom stereocenters. The predicted octanol–water partition coefficient (Wildman–Crippen LogP) is 2.03. The van der Waals surface area contributed by atoms with E-state index in [1.807, 2.05) is 17.9 Å². The van der Waals surface area contributed by atoms with Gasteiger partial charge in [0, 0.05) is 17.1 Å². The third-order valence-corrected chi connectivity index (χ3v) is 4.96. The van der Waals surface area contributed by atoms with Crippen molar-refractivity contribution >= 4 is 22.9 Å². The molecule has 4 nitrogen and oxygen atoms in total. The maximum Gasteiger partial charge on any atom is 0.264 e. The second-order valence-corrected chi connectivity index (χ2v) is 6.28. The van der Waals surface area contributed by atoms with Gasteiger partial charge >= 0.3 is 0 Å². The number of amides is 1. The molecule has 1 saturated carbocycles. The Hall–Kier alpha value is -1.07. The zero-order valence-corrected chi connectivity index (χ0v) is 11.3. The number of nitrogens with zero attached hydrogens (tertiary/aromatic N) is 1. The number of rotatable bonds is 1. The van der Waals surface area contributed by atoms with E-state index in [4.69, 9.17) is 10.5 Å². The fraction of sp³-hybridized carbons (Fsp3) is 0.615. The number of fused-ring (bicyclic) bond motifs is 1. The first-order valence-corrected chi connectivity index (χ1v) is 7.27. The molecule has 2 atom stereocenters. The molecule has 1 amide bonds. The van der Waals surface area contributed by atoms with Gasteiger partial charge in [-0.15, -0.1) is 11.3 Å². The predicted molar refractivity (Wildman–Crippen MR) is 71.9 cm³/mol. The molecule has 1 aromatic rings. The van der Waals surface area contributed by atoms with E-state index < -0.39 is 0 Å². The Morgan fingerprint density at radius 2 is 2.39 bits per heavy atom. The maximum atomic E-state index is 12.5. The first-order valence-electron chi connectivity index (χ1n) is 6.45.